The third-order valence-corrected chi connectivity index (χ3v) is 4.53. The van der Waals surface area contributed by atoms with Crippen molar-refractivity contribution in [3.8, 4) is 0 Å². The first-order valence-electron chi connectivity index (χ1n) is 7.21. The highest BCUT2D eigenvalue weighted by Gasteiger charge is 2.08. The fourth-order valence-corrected chi connectivity index (χ4v) is 3.15. The van der Waals surface area contributed by atoms with Gasteiger partial charge in [0.1, 0.15) is 0 Å². The second kappa shape index (κ2) is 6.58. The molecule has 21 heavy (non-hydrogen) atoms. The minimum Gasteiger partial charge on any atom is -0.328 e. The molecule has 1 atom stereocenters. The Hall–Kier alpha value is -1.39. The third-order valence-electron chi connectivity index (χ3n) is 3.68. The highest BCUT2D eigenvalue weighted by molar-refractivity contribution is 7.99. The summed E-state index contributed by atoms with van der Waals surface area (Å²) in [6.45, 7) is 10.3. The average Bonchev–Trinajstić information content (AvgIpc) is 2.39. The first-order valence-corrected chi connectivity index (χ1v) is 8.03. The molecule has 1 unspecified atom stereocenters. The summed E-state index contributed by atoms with van der Waals surface area (Å²) < 4.78 is 0. The van der Waals surface area contributed by atoms with Crippen LogP contribution in [0.5, 0.6) is 0 Å². The van der Waals surface area contributed by atoms with Crippen LogP contribution < -0.4 is 5.73 Å². The second-order valence-electron chi connectivity index (χ2n) is 5.67. The average molecular weight is 301 g/mol. The van der Waals surface area contributed by atoms with Crippen LogP contribution in [0.1, 0.15) is 35.0 Å². The molecule has 0 amide bonds. The lowest BCUT2D eigenvalue weighted by molar-refractivity contribution is 0.734. The van der Waals surface area contributed by atoms with Crippen molar-refractivity contribution in [2.75, 3.05) is 0 Å². The lowest BCUT2D eigenvalue weighted by Gasteiger charge is -2.11. The molecule has 3 nitrogen and oxygen atoms in total. The number of benzene rings is 1. The van der Waals surface area contributed by atoms with Crippen molar-refractivity contribution in [3.63, 3.8) is 0 Å². The van der Waals surface area contributed by atoms with Gasteiger partial charge in [-0.3, -0.25) is 0 Å². The van der Waals surface area contributed by atoms with Gasteiger partial charge in [0, 0.05) is 22.3 Å². The van der Waals surface area contributed by atoms with Gasteiger partial charge in [-0.15, -0.1) is 0 Å². The first kappa shape index (κ1) is 16.0. The van der Waals surface area contributed by atoms with E-state index < -0.39 is 0 Å². The lowest BCUT2D eigenvalue weighted by atomic mass is 10.0. The molecule has 1 heterocycles. The molecular weight excluding hydrogens is 278 g/mol. The molecule has 0 saturated carbocycles. The van der Waals surface area contributed by atoms with Crippen molar-refractivity contribution in [1.82, 2.24) is 9.97 Å². The maximum absolute atomic E-state index is 5.88. The van der Waals surface area contributed by atoms with Crippen LogP contribution in [-0.4, -0.2) is 16.0 Å². The van der Waals surface area contributed by atoms with Crippen molar-refractivity contribution >= 4 is 11.8 Å². The molecule has 0 aliphatic heterocycles. The van der Waals surface area contributed by atoms with E-state index >= 15 is 0 Å². The maximum atomic E-state index is 5.88. The van der Waals surface area contributed by atoms with Gasteiger partial charge in [0.05, 0.1) is 0 Å². The van der Waals surface area contributed by atoms with Crippen molar-refractivity contribution in [2.45, 2.75) is 57.1 Å². The highest BCUT2D eigenvalue weighted by atomic mass is 32.2. The molecule has 112 valence electrons. The molecule has 1 aromatic heterocycles. The minimum atomic E-state index is 0.188. The molecule has 0 fully saturated rings. The Morgan fingerprint density at radius 1 is 1.10 bits per heavy atom. The molecule has 0 aliphatic carbocycles. The summed E-state index contributed by atoms with van der Waals surface area (Å²) in [7, 11) is 0. The van der Waals surface area contributed by atoms with Gasteiger partial charge in [-0.05, 0) is 81.6 Å². The van der Waals surface area contributed by atoms with Crippen LogP contribution in [0.15, 0.2) is 28.3 Å². The predicted molar refractivity (Wildman–Crippen MR) is 88.9 cm³/mol. The van der Waals surface area contributed by atoms with Gasteiger partial charge in [-0.1, -0.05) is 6.07 Å². The topological polar surface area (TPSA) is 51.8 Å². The zero-order chi connectivity index (χ0) is 15.6. The third kappa shape index (κ3) is 4.05. The number of nitrogens with two attached hydrogens (primary N) is 1. The number of nitrogens with zero attached hydrogens (tertiary/aromatic N) is 2. The highest BCUT2D eigenvalue weighted by Crippen LogP contribution is 2.28. The van der Waals surface area contributed by atoms with E-state index in [9.17, 15) is 0 Å². The zero-order valence-electron chi connectivity index (χ0n) is 13.4. The zero-order valence-corrected chi connectivity index (χ0v) is 14.2. The quantitative estimate of drug-likeness (QED) is 0.874. The Bertz CT molecular complexity index is 627. The van der Waals surface area contributed by atoms with E-state index in [0.29, 0.717) is 0 Å². The molecule has 0 spiro atoms. The number of aromatic nitrogens is 2. The van der Waals surface area contributed by atoms with E-state index in [4.69, 9.17) is 5.73 Å². The Labute approximate surface area is 131 Å². The van der Waals surface area contributed by atoms with Crippen LogP contribution in [0.2, 0.25) is 0 Å². The number of aryl methyl sites for hydroxylation is 3. The molecule has 0 aliphatic rings. The summed E-state index contributed by atoms with van der Waals surface area (Å²) in [5, 5.41) is 0.815. The van der Waals surface area contributed by atoms with Crippen molar-refractivity contribution in [1.29, 1.82) is 0 Å². The molecule has 2 aromatic rings. The summed E-state index contributed by atoms with van der Waals surface area (Å²) in [6.07, 6.45) is 0.913. The molecule has 4 heteroatoms. The maximum Gasteiger partial charge on any atom is 0.192 e. The second-order valence-corrected chi connectivity index (χ2v) is 6.71. The summed E-state index contributed by atoms with van der Waals surface area (Å²) >= 11 is 1.61. The Morgan fingerprint density at radius 3 is 2.24 bits per heavy atom. The first-order chi connectivity index (χ1) is 9.86. The lowest BCUT2D eigenvalue weighted by Crippen LogP contribution is -2.18. The van der Waals surface area contributed by atoms with Crippen molar-refractivity contribution < 1.29 is 0 Å². The summed E-state index contributed by atoms with van der Waals surface area (Å²) in [6, 6.07) is 6.67. The van der Waals surface area contributed by atoms with Crippen LogP contribution in [0.4, 0.5) is 0 Å². The number of rotatable bonds is 4. The van der Waals surface area contributed by atoms with E-state index in [1.807, 2.05) is 20.8 Å². The number of hydrogen-bond donors (Lipinski definition) is 1. The Morgan fingerprint density at radius 2 is 1.71 bits per heavy atom. The van der Waals surface area contributed by atoms with E-state index in [2.05, 4.69) is 42.0 Å². The van der Waals surface area contributed by atoms with E-state index in [1.54, 1.807) is 11.8 Å². The van der Waals surface area contributed by atoms with Gasteiger partial charge in [0.25, 0.3) is 0 Å². The van der Waals surface area contributed by atoms with E-state index in [-0.39, 0.29) is 6.04 Å². The van der Waals surface area contributed by atoms with Gasteiger partial charge in [0.2, 0.25) is 0 Å². The molecule has 0 saturated heterocycles. The molecule has 0 bridgehead atoms. The summed E-state index contributed by atoms with van der Waals surface area (Å²) in [4.78, 5) is 10.3. The van der Waals surface area contributed by atoms with Gasteiger partial charge in [-0.25, -0.2) is 9.97 Å². The van der Waals surface area contributed by atoms with Gasteiger partial charge < -0.3 is 5.73 Å². The molecule has 0 radical (unpaired) electrons. The monoisotopic (exact) mass is 301 g/mol. The van der Waals surface area contributed by atoms with Crippen LogP contribution >= 0.6 is 11.8 Å². The molecule has 2 N–H and O–H groups in total. The fourth-order valence-electron chi connectivity index (χ4n) is 2.20. The standard InChI is InChI=1S/C17H23N3S/c1-10-8-16(7-6-15(10)9-11(2)18)21-17-19-13(4)12(3)14(5)20-17/h6-8,11H,9,18H2,1-5H3. The van der Waals surface area contributed by atoms with Gasteiger partial charge >= 0.3 is 0 Å². The van der Waals surface area contributed by atoms with Crippen LogP contribution in [-0.2, 0) is 6.42 Å². The van der Waals surface area contributed by atoms with Gasteiger partial charge in [-0.2, -0.15) is 0 Å². The normalized spacial score (nSPS) is 12.5. The van der Waals surface area contributed by atoms with Crippen molar-refractivity contribution in [3.05, 3.63) is 46.3 Å². The van der Waals surface area contributed by atoms with E-state index in [0.717, 1.165) is 23.0 Å². The van der Waals surface area contributed by atoms with Crippen molar-refractivity contribution in [2.24, 2.45) is 5.73 Å². The largest absolute Gasteiger partial charge is 0.328 e. The number of hydrogen-bond acceptors (Lipinski definition) is 4. The fraction of sp³-hybridized carbons (Fsp3) is 0.412. The Balaban J connectivity index is 2.22. The summed E-state index contributed by atoms with van der Waals surface area (Å²) in [5.74, 6) is 0. The summed E-state index contributed by atoms with van der Waals surface area (Å²) in [5.41, 5.74) is 11.7. The smallest absolute Gasteiger partial charge is 0.192 e. The Kier molecular flexibility index (Phi) is 5.01. The SMILES string of the molecule is Cc1cc(Sc2nc(C)c(C)c(C)n2)ccc1CC(C)N. The molecular formula is C17H23N3S. The minimum absolute atomic E-state index is 0.188. The molecule has 2 rings (SSSR count). The van der Waals surface area contributed by atoms with E-state index in [1.165, 1.54) is 21.6 Å². The van der Waals surface area contributed by atoms with Crippen LogP contribution in [0.25, 0.3) is 0 Å². The molecule has 1 aromatic carbocycles. The predicted octanol–water partition coefficient (Wildman–Crippen LogP) is 3.75. The van der Waals surface area contributed by atoms with Gasteiger partial charge in [0.15, 0.2) is 5.16 Å². The van der Waals surface area contributed by atoms with Crippen LogP contribution in [0, 0.1) is 27.7 Å². The van der Waals surface area contributed by atoms with Crippen LogP contribution in [0.3, 0.4) is 0 Å².